The van der Waals surface area contributed by atoms with E-state index in [2.05, 4.69) is 5.32 Å². The Morgan fingerprint density at radius 2 is 2.05 bits per heavy atom. The summed E-state index contributed by atoms with van der Waals surface area (Å²) in [5.41, 5.74) is 6.27. The summed E-state index contributed by atoms with van der Waals surface area (Å²) in [6, 6.07) is 9.71. The van der Waals surface area contributed by atoms with Gasteiger partial charge in [0.1, 0.15) is 11.5 Å². The quantitative estimate of drug-likeness (QED) is 0.513. The highest BCUT2D eigenvalue weighted by atomic mass is 19.1. The predicted molar refractivity (Wildman–Crippen MR) is 76.2 cm³/mol. The third-order valence-electron chi connectivity index (χ3n) is 2.75. The van der Waals surface area contributed by atoms with Gasteiger partial charge >= 0.3 is 0 Å². The van der Waals surface area contributed by atoms with Gasteiger partial charge in [-0.25, -0.2) is 4.39 Å². The third kappa shape index (κ3) is 3.75. The van der Waals surface area contributed by atoms with Crippen LogP contribution in [0.3, 0.4) is 0 Å². The van der Waals surface area contributed by atoms with Crippen molar-refractivity contribution >= 4 is 23.0 Å². The van der Waals surface area contributed by atoms with Gasteiger partial charge in [0.05, 0.1) is 17.4 Å². The topological polar surface area (TPSA) is 98.3 Å². The van der Waals surface area contributed by atoms with Crippen LogP contribution < -0.4 is 11.1 Å². The molecule has 0 aromatic heterocycles. The van der Waals surface area contributed by atoms with Crippen LogP contribution in [0.2, 0.25) is 0 Å². The van der Waals surface area contributed by atoms with Gasteiger partial charge < -0.3 is 11.1 Å². The first-order valence-electron chi connectivity index (χ1n) is 6.04. The summed E-state index contributed by atoms with van der Waals surface area (Å²) in [7, 11) is 0. The lowest BCUT2D eigenvalue weighted by molar-refractivity contribution is -0.384. The van der Waals surface area contributed by atoms with Crippen molar-refractivity contribution in [1.29, 1.82) is 0 Å². The number of nitro benzene ring substituents is 1. The van der Waals surface area contributed by atoms with Crippen molar-refractivity contribution < 1.29 is 14.1 Å². The average molecular weight is 289 g/mol. The SMILES string of the molecule is Nc1cccc(CC(=O)Nc2ccc(F)cc2[N+](=O)[O-])c1. The molecule has 0 radical (unpaired) electrons. The molecule has 108 valence electrons. The van der Waals surface area contributed by atoms with Crippen LogP contribution in [0.15, 0.2) is 42.5 Å². The van der Waals surface area contributed by atoms with Gasteiger partial charge in [0, 0.05) is 5.69 Å². The Morgan fingerprint density at radius 1 is 1.29 bits per heavy atom. The van der Waals surface area contributed by atoms with E-state index in [4.69, 9.17) is 5.73 Å². The van der Waals surface area contributed by atoms with Crippen LogP contribution in [-0.4, -0.2) is 10.8 Å². The number of nitrogens with zero attached hydrogens (tertiary/aromatic N) is 1. The third-order valence-corrected chi connectivity index (χ3v) is 2.75. The first-order valence-corrected chi connectivity index (χ1v) is 6.04. The van der Waals surface area contributed by atoms with E-state index in [-0.39, 0.29) is 12.1 Å². The molecule has 0 atom stereocenters. The molecule has 0 spiro atoms. The number of carbonyl (C=O) groups is 1. The summed E-state index contributed by atoms with van der Waals surface area (Å²) < 4.78 is 13.0. The second-order valence-corrected chi connectivity index (χ2v) is 4.39. The van der Waals surface area contributed by atoms with Gasteiger partial charge in [0.2, 0.25) is 5.91 Å². The Hall–Kier alpha value is -2.96. The van der Waals surface area contributed by atoms with Crippen molar-refractivity contribution in [2.45, 2.75) is 6.42 Å². The fraction of sp³-hybridized carbons (Fsp3) is 0.0714. The number of hydrogen-bond acceptors (Lipinski definition) is 4. The Morgan fingerprint density at radius 3 is 2.71 bits per heavy atom. The number of nitrogen functional groups attached to an aromatic ring is 1. The van der Waals surface area contributed by atoms with Gasteiger partial charge in [-0.15, -0.1) is 0 Å². The maximum absolute atomic E-state index is 13.0. The summed E-state index contributed by atoms with van der Waals surface area (Å²) in [4.78, 5) is 22.0. The van der Waals surface area contributed by atoms with Crippen molar-refractivity contribution in [3.8, 4) is 0 Å². The first kappa shape index (κ1) is 14.4. The molecule has 3 N–H and O–H groups in total. The van der Waals surface area contributed by atoms with E-state index >= 15 is 0 Å². The minimum absolute atomic E-state index is 0.0135. The number of nitro groups is 1. The molecule has 0 bridgehead atoms. The number of benzene rings is 2. The number of rotatable bonds is 4. The van der Waals surface area contributed by atoms with Crippen LogP contribution in [-0.2, 0) is 11.2 Å². The Labute approximate surface area is 119 Å². The molecular weight excluding hydrogens is 277 g/mol. The van der Waals surface area contributed by atoms with Crippen LogP contribution in [0.25, 0.3) is 0 Å². The number of anilines is 2. The number of amides is 1. The summed E-state index contributed by atoms with van der Waals surface area (Å²) in [6.07, 6.45) is 0.0135. The second-order valence-electron chi connectivity index (χ2n) is 4.39. The van der Waals surface area contributed by atoms with E-state index in [1.165, 1.54) is 0 Å². The number of nitrogens with two attached hydrogens (primary N) is 1. The normalized spacial score (nSPS) is 10.1. The zero-order valence-corrected chi connectivity index (χ0v) is 10.9. The summed E-state index contributed by atoms with van der Waals surface area (Å²) >= 11 is 0. The number of nitrogens with one attached hydrogen (secondary N) is 1. The van der Waals surface area contributed by atoms with E-state index in [1.54, 1.807) is 24.3 Å². The predicted octanol–water partition coefficient (Wildman–Crippen LogP) is 2.50. The molecule has 6 nitrogen and oxygen atoms in total. The fourth-order valence-corrected chi connectivity index (χ4v) is 1.84. The van der Waals surface area contributed by atoms with E-state index in [0.717, 1.165) is 18.2 Å². The molecule has 0 aliphatic heterocycles. The van der Waals surface area contributed by atoms with Gasteiger partial charge in [0.15, 0.2) is 0 Å². The lowest BCUT2D eigenvalue weighted by Crippen LogP contribution is -2.15. The average Bonchev–Trinajstić information content (AvgIpc) is 2.40. The van der Waals surface area contributed by atoms with Crippen molar-refractivity contribution in [2.24, 2.45) is 0 Å². The lowest BCUT2D eigenvalue weighted by Gasteiger charge is -2.06. The molecule has 21 heavy (non-hydrogen) atoms. The molecule has 0 saturated carbocycles. The highest BCUT2D eigenvalue weighted by Crippen LogP contribution is 2.25. The monoisotopic (exact) mass is 289 g/mol. The van der Waals surface area contributed by atoms with Gasteiger partial charge in [-0.05, 0) is 29.8 Å². The highest BCUT2D eigenvalue weighted by Gasteiger charge is 2.17. The maximum atomic E-state index is 13.0. The number of hydrogen-bond donors (Lipinski definition) is 2. The minimum atomic E-state index is -0.751. The number of carbonyl (C=O) groups excluding carboxylic acids is 1. The summed E-state index contributed by atoms with van der Waals surface area (Å²) in [5.74, 6) is -1.19. The molecule has 0 saturated heterocycles. The summed E-state index contributed by atoms with van der Waals surface area (Å²) in [5, 5.41) is 13.2. The molecule has 2 aromatic carbocycles. The molecule has 1 amide bonds. The fourth-order valence-electron chi connectivity index (χ4n) is 1.84. The Balaban J connectivity index is 2.15. The van der Waals surface area contributed by atoms with Crippen LogP contribution in [0, 0.1) is 15.9 Å². The second kappa shape index (κ2) is 6.00. The maximum Gasteiger partial charge on any atom is 0.295 e. The van der Waals surface area contributed by atoms with E-state index < -0.39 is 22.3 Å². The zero-order chi connectivity index (χ0) is 15.4. The van der Waals surface area contributed by atoms with Gasteiger partial charge in [-0.2, -0.15) is 0 Å². The van der Waals surface area contributed by atoms with Gasteiger partial charge in [-0.3, -0.25) is 14.9 Å². The lowest BCUT2D eigenvalue weighted by atomic mass is 10.1. The van der Waals surface area contributed by atoms with Crippen LogP contribution in [0.5, 0.6) is 0 Å². The molecule has 0 unspecified atom stereocenters. The standard InChI is InChI=1S/C14H12FN3O3/c15-10-4-5-12(13(8-10)18(20)21)17-14(19)7-9-2-1-3-11(16)6-9/h1-6,8H,7,16H2,(H,17,19). The minimum Gasteiger partial charge on any atom is -0.399 e. The van der Waals surface area contributed by atoms with E-state index in [9.17, 15) is 19.3 Å². The Kier molecular flexibility index (Phi) is 4.13. The largest absolute Gasteiger partial charge is 0.399 e. The van der Waals surface area contributed by atoms with Gasteiger partial charge in [0.25, 0.3) is 5.69 Å². The summed E-state index contributed by atoms with van der Waals surface area (Å²) in [6.45, 7) is 0. The molecule has 0 fully saturated rings. The van der Waals surface area contributed by atoms with Crippen molar-refractivity contribution in [3.63, 3.8) is 0 Å². The molecule has 7 heteroatoms. The molecular formula is C14H12FN3O3. The van der Waals surface area contributed by atoms with Crippen LogP contribution in [0.4, 0.5) is 21.5 Å². The number of halogens is 1. The van der Waals surface area contributed by atoms with Crippen molar-refractivity contribution in [1.82, 2.24) is 0 Å². The van der Waals surface area contributed by atoms with E-state index in [1.807, 2.05) is 0 Å². The van der Waals surface area contributed by atoms with E-state index in [0.29, 0.717) is 11.3 Å². The van der Waals surface area contributed by atoms with Crippen LogP contribution in [0.1, 0.15) is 5.56 Å². The molecule has 0 heterocycles. The van der Waals surface area contributed by atoms with Gasteiger partial charge in [-0.1, -0.05) is 12.1 Å². The van der Waals surface area contributed by atoms with Crippen LogP contribution >= 0.6 is 0 Å². The first-order chi connectivity index (χ1) is 9.95. The molecule has 2 rings (SSSR count). The zero-order valence-electron chi connectivity index (χ0n) is 10.9. The smallest absolute Gasteiger partial charge is 0.295 e. The van der Waals surface area contributed by atoms with Crippen molar-refractivity contribution in [2.75, 3.05) is 11.1 Å². The molecule has 2 aromatic rings. The molecule has 0 aliphatic carbocycles. The van der Waals surface area contributed by atoms with Crippen molar-refractivity contribution in [3.05, 3.63) is 64.0 Å². The highest BCUT2D eigenvalue weighted by molar-refractivity contribution is 5.94. The molecule has 0 aliphatic rings. The Bertz CT molecular complexity index is 704.